The molecule has 3 saturated heterocycles. The summed E-state index contributed by atoms with van der Waals surface area (Å²) in [6, 6.07) is 4.79. The van der Waals surface area contributed by atoms with E-state index in [0.29, 0.717) is 49.0 Å². The van der Waals surface area contributed by atoms with Crippen LogP contribution in [0.25, 0.3) is 10.1 Å². The summed E-state index contributed by atoms with van der Waals surface area (Å²) in [6.07, 6.45) is 5.02. The van der Waals surface area contributed by atoms with E-state index in [-0.39, 0.29) is 17.9 Å². The molecule has 0 aliphatic carbocycles. The molecule has 3 aliphatic heterocycles. The minimum absolute atomic E-state index is 0.0264. The second-order valence-electron chi connectivity index (χ2n) is 7.49. The van der Waals surface area contributed by atoms with E-state index in [2.05, 4.69) is 15.6 Å². The topological polar surface area (TPSA) is 83.6 Å². The van der Waals surface area contributed by atoms with E-state index >= 15 is 0 Å². The van der Waals surface area contributed by atoms with Gasteiger partial charge in [0.05, 0.1) is 18.1 Å². The maximum Gasteiger partial charge on any atom is 0.270 e. The van der Waals surface area contributed by atoms with Crippen molar-refractivity contribution < 1.29 is 14.3 Å². The Balaban J connectivity index is 1.32. The van der Waals surface area contributed by atoms with Crippen LogP contribution < -0.4 is 10.6 Å². The highest BCUT2D eigenvalue weighted by molar-refractivity contribution is 7.20. The predicted molar refractivity (Wildman–Crippen MR) is 102 cm³/mol. The van der Waals surface area contributed by atoms with E-state index in [1.54, 1.807) is 12.3 Å². The summed E-state index contributed by atoms with van der Waals surface area (Å²) in [5.74, 6) is -0.107. The number of rotatable bonds is 3. The zero-order valence-corrected chi connectivity index (χ0v) is 15.8. The Morgan fingerprint density at radius 2 is 2.11 bits per heavy atom. The smallest absolute Gasteiger partial charge is 0.270 e. The predicted octanol–water partition coefficient (Wildman–Crippen LogP) is 1.39. The van der Waals surface area contributed by atoms with Gasteiger partial charge in [-0.25, -0.2) is 0 Å². The Hall–Kier alpha value is -2.03. The minimum atomic E-state index is -0.134. The number of nitrogens with zero attached hydrogens (tertiary/aromatic N) is 2. The normalized spacial score (nSPS) is 27.3. The molecule has 2 amide bonds. The molecule has 0 saturated carbocycles. The van der Waals surface area contributed by atoms with Crippen molar-refractivity contribution in [1.82, 2.24) is 20.5 Å². The number of carbonyl (C=O) groups is 2. The van der Waals surface area contributed by atoms with Gasteiger partial charge < -0.3 is 20.3 Å². The number of ether oxygens (including phenoxy) is 1. The van der Waals surface area contributed by atoms with Gasteiger partial charge in [-0.2, -0.15) is 0 Å². The van der Waals surface area contributed by atoms with E-state index < -0.39 is 0 Å². The number of carbonyl (C=O) groups excluding carboxylic acids is 2. The quantitative estimate of drug-likeness (QED) is 0.833. The zero-order valence-electron chi connectivity index (χ0n) is 14.9. The number of hydrogen-bond donors (Lipinski definition) is 2. The molecular weight excluding hydrogens is 364 g/mol. The lowest BCUT2D eigenvalue weighted by molar-refractivity contribution is 0.0306. The summed E-state index contributed by atoms with van der Waals surface area (Å²) in [6.45, 7) is 2.41. The molecule has 0 spiro atoms. The van der Waals surface area contributed by atoms with Crippen molar-refractivity contribution in [2.24, 2.45) is 0 Å². The molecule has 27 heavy (non-hydrogen) atoms. The van der Waals surface area contributed by atoms with E-state index in [1.165, 1.54) is 17.8 Å². The van der Waals surface area contributed by atoms with Crippen molar-refractivity contribution in [3.05, 3.63) is 28.9 Å². The summed E-state index contributed by atoms with van der Waals surface area (Å²) in [5, 5.41) is 7.55. The number of pyridine rings is 1. The van der Waals surface area contributed by atoms with Gasteiger partial charge >= 0.3 is 0 Å². The Morgan fingerprint density at radius 3 is 2.85 bits per heavy atom. The highest BCUT2D eigenvalue weighted by atomic mass is 32.1. The average Bonchev–Trinajstić information content (AvgIpc) is 3.42. The van der Waals surface area contributed by atoms with E-state index in [0.717, 1.165) is 22.9 Å². The molecule has 0 radical (unpaired) electrons. The maximum absolute atomic E-state index is 12.7. The second-order valence-corrected chi connectivity index (χ2v) is 8.57. The number of morpholine rings is 1. The van der Waals surface area contributed by atoms with Gasteiger partial charge in [0.2, 0.25) is 0 Å². The van der Waals surface area contributed by atoms with Crippen LogP contribution in [0.4, 0.5) is 0 Å². The highest BCUT2D eigenvalue weighted by Gasteiger charge is 2.39. The summed E-state index contributed by atoms with van der Waals surface area (Å²) in [7, 11) is 0. The van der Waals surface area contributed by atoms with Crippen molar-refractivity contribution >= 4 is 33.2 Å². The Labute approximate surface area is 161 Å². The first kappa shape index (κ1) is 17.1. The van der Waals surface area contributed by atoms with Crippen molar-refractivity contribution in [2.45, 2.75) is 37.4 Å². The van der Waals surface area contributed by atoms with Gasteiger partial charge in [-0.15, -0.1) is 11.3 Å². The van der Waals surface area contributed by atoms with Gasteiger partial charge in [0.1, 0.15) is 5.69 Å². The monoisotopic (exact) mass is 386 g/mol. The summed E-state index contributed by atoms with van der Waals surface area (Å²) >= 11 is 1.42. The Kier molecular flexibility index (Phi) is 4.34. The lowest BCUT2D eigenvalue weighted by Gasteiger charge is -2.26. The van der Waals surface area contributed by atoms with Gasteiger partial charge in [-0.1, -0.05) is 0 Å². The molecule has 2 bridgehead atoms. The molecule has 2 N–H and O–H groups in total. The molecule has 142 valence electrons. The number of thiophene rings is 1. The van der Waals surface area contributed by atoms with Crippen molar-refractivity contribution in [3.63, 3.8) is 0 Å². The van der Waals surface area contributed by atoms with Gasteiger partial charge in [0.15, 0.2) is 0 Å². The standard InChI is InChI=1S/C19H22N4O3S/c24-18(22-14-8-12-1-2-13(14)21-12)15-9-16-11(10-20-15)7-17(27-16)19(25)23-3-5-26-6-4-23/h7,9-10,12-14,21H,1-6,8H2,(H,22,24)/t12-,13+,14-/m1/s1. The third kappa shape index (κ3) is 3.22. The highest BCUT2D eigenvalue weighted by Crippen LogP contribution is 2.29. The van der Waals surface area contributed by atoms with Gasteiger partial charge in [-0.3, -0.25) is 14.6 Å². The van der Waals surface area contributed by atoms with Crippen LogP contribution >= 0.6 is 11.3 Å². The zero-order chi connectivity index (χ0) is 18.4. The van der Waals surface area contributed by atoms with E-state index in [4.69, 9.17) is 4.74 Å². The first-order valence-electron chi connectivity index (χ1n) is 9.51. The fraction of sp³-hybridized carbons (Fsp3) is 0.526. The first-order chi connectivity index (χ1) is 13.2. The van der Waals surface area contributed by atoms with E-state index in [1.807, 2.05) is 11.0 Å². The third-order valence-corrected chi connectivity index (χ3v) is 6.85. The lowest BCUT2D eigenvalue weighted by atomic mass is 9.95. The molecule has 0 aromatic carbocycles. The fourth-order valence-electron chi connectivity index (χ4n) is 4.31. The van der Waals surface area contributed by atoms with Crippen LogP contribution in [-0.2, 0) is 4.74 Å². The Morgan fingerprint density at radius 1 is 1.26 bits per heavy atom. The molecule has 2 aromatic heterocycles. The van der Waals surface area contributed by atoms with Crippen LogP contribution in [0.2, 0.25) is 0 Å². The lowest BCUT2D eigenvalue weighted by Crippen LogP contribution is -2.43. The molecule has 7 nitrogen and oxygen atoms in total. The van der Waals surface area contributed by atoms with Crippen LogP contribution in [0.3, 0.4) is 0 Å². The summed E-state index contributed by atoms with van der Waals surface area (Å²) in [4.78, 5) is 32.1. The maximum atomic E-state index is 12.7. The fourth-order valence-corrected chi connectivity index (χ4v) is 5.35. The number of fused-ring (bicyclic) bond motifs is 3. The molecule has 8 heteroatoms. The van der Waals surface area contributed by atoms with Crippen LogP contribution in [0, 0.1) is 0 Å². The molecule has 3 aliphatic rings. The molecule has 2 aromatic rings. The molecule has 3 fully saturated rings. The molecule has 5 rings (SSSR count). The summed E-state index contributed by atoms with van der Waals surface area (Å²) in [5.41, 5.74) is 0.414. The average molecular weight is 386 g/mol. The van der Waals surface area contributed by atoms with Gasteiger partial charge in [-0.05, 0) is 31.4 Å². The van der Waals surface area contributed by atoms with Crippen LogP contribution in [0.1, 0.15) is 39.4 Å². The number of amides is 2. The van der Waals surface area contributed by atoms with Gasteiger partial charge in [0.25, 0.3) is 11.8 Å². The SMILES string of the molecule is O=C(N[C@@H]1C[C@H]2CC[C@@H]1N2)c1cc2sc(C(=O)N3CCOCC3)cc2cn1. The molecule has 5 heterocycles. The van der Waals surface area contributed by atoms with Crippen LogP contribution in [0.15, 0.2) is 18.3 Å². The van der Waals surface area contributed by atoms with Crippen LogP contribution in [-0.4, -0.2) is 66.1 Å². The first-order valence-corrected chi connectivity index (χ1v) is 10.3. The minimum Gasteiger partial charge on any atom is -0.378 e. The molecule has 0 unspecified atom stereocenters. The number of nitrogens with one attached hydrogen (secondary N) is 2. The van der Waals surface area contributed by atoms with Crippen molar-refractivity contribution in [2.75, 3.05) is 26.3 Å². The number of hydrogen-bond acceptors (Lipinski definition) is 6. The molecular formula is C19H22N4O3S. The van der Waals surface area contributed by atoms with Crippen LogP contribution in [0.5, 0.6) is 0 Å². The van der Waals surface area contributed by atoms with E-state index in [9.17, 15) is 9.59 Å². The largest absolute Gasteiger partial charge is 0.378 e. The third-order valence-electron chi connectivity index (χ3n) is 5.76. The second kappa shape index (κ2) is 6.85. The Bertz CT molecular complexity index is 892. The van der Waals surface area contributed by atoms with Gasteiger partial charge in [0, 0.05) is 47.5 Å². The number of aromatic nitrogens is 1. The molecule has 3 atom stereocenters. The summed E-state index contributed by atoms with van der Waals surface area (Å²) < 4.78 is 6.22. The van der Waals surface area contributed by atoms with Crippen molar-refractivity contribution in [1.29, 1.82) is 0 Å². The van der Waals surface area contributed by atoms with Crippen molar-refractivity contribution in [3.8, 4) is 0 Å².